The zero-order valence-electron chi connectivity index (χ0n) is 11.3. The van der Waals surface area contributed by atoms with Crippen molar-refractivity contribution >= 4 is 5.91 Å². The van der Waals surface area contributed by atoms with Gasteiger partial charge in [0.15, 0.2) is 0 Å². The molecule has 2 aliphatic rings. The first kappa shape index (κ1) is 12.6. The third-order valence-corrected chi connectivity index (χ3v) is 4.15. The number of nitrogens with zero attached hydrogens (tertiary/aromatic N) is 2. The molecule has 0 aromatic heterocycles. The van der Waals surface area contributed by atoms with Crippen LogP contribution in [-0.2, 0) is 4.79 Å². The predicted molar refractivity (Wildman–Crippen MR) is 69.7 cm³/mol. The van der Waals surface area contributed by atoms with E-state index in [1.54, 1.807) is 6.92 Å². The fourth-order valence-corrected chi connectivity index (χ4v) is 3.63. The molecule has 2 atom stereocenters. The highest BCUT2D eigenvalue weighted by atomic mass is 16.2. The van der Waals surface area contributed by atoms with Crippen molar-refractivity contribution in [1.29, 1.82) is 0 Å². The van der Waals surface area contributed by atoms with E-state index in [1.807, 2.05) is 6.08 Å². The van der Waals surface area contributed by atoms with E-state index in [0.29, 0.717) is 12.0 Å². The van der Waals surface area contributed by atoms with Crippen LogP contribution in [0.4, 0.5) is 0 Å². The largest absolute Gasteiger partial charge is 0.334 e. The second-order valence-corrected chi connectivity index (χ2v) is 5.88. The monoisotopic (exact) mass is 236 g/mol. The topological polar surface area (TPSA) is 23.6 Å². The summed E-state index contributed by atoms with van der Waals surface area (Å²) < 4.78 is 0. The average molecular weight is 236 g/mol. The lowest BCUT2D eigenvalue weighted by Crippen LogP contribution is -2.74. The van der Waals surface area contributed by atoms with Gasteiger partial charge in [0.25, 0.3) is 0 Å². The van der Waals surface area contributed by atoms with E-state index in [1.165, 1.54) is 0 Å². The Kier molecular flexibility index (Phi) is 3.30. The summed E-state index contributed by atoms with van der Waals surface area (Å²) in [6.45, 7) is 13.2. The maximum absolute atomic E-state index is 11.7. The Morgan fingerprint density at radius 3 is 2.82 bits per heavy atom. The highest BCUT2D eigenvalue weighted by molar-refractivity contribution is 5.75. The molecule has 2 unspecified atom stereocenters. The third-order valence-electron chi connectivity index (χ3n) is 4.15. The van der Waals surface area contributed by atoms with Gasteiger partial charge < -0.3 is 4.90 Å². The molecule has 3 heteroatoms. The Morgan fingerprint density at radius 2 is 2.29 bits per heavy atom. The minimum absolute atomic E-state index is 0.0719. The molecule has 0 aromatic rings. The molecule has 1 amide bonds. The fourth-order valence-electron chi connectivity index (χ4n) is 3.63. The molecule has 0 aromatic carbocycles. The molecule has 0 saturated carbocycles. The standard InChI is InChI=1S/C14H24N2O/c1-5-13-14(10-15(13)9-11(2)3)7-6-8-16(14)12(4)17/h5,11,13H,1,6-10H2,2-4H3. The Balaban J connectivity index is 2.12. The van der Waals surface area contributed by atoms with E-state index in [0.717, 1.165) is 32.5 Å². The number of carbonyl (C=O) groups is 1. The van der Waals surface area contributed by atoms with Gasteiger partial charge in [0.1, 0.15) is 0 Å². The lowest BCUT2D eigenvalue weighted by Gasteiger charge is -2.59. The molecular weight excluding hydrogens is 212 g/mol. The Labute approximate surface area is 104 Å². The molecule has 0 radical (unpaired) electrons. The van der Waals surface area contributed by atoms with E-state index < -0.39 is 0 Å². The van der Waals surface area contributed by atoms with Crippen molar-refractivity contribution in [1.82, 2.24) is 9.80 Å². The van der Waals surface area contributed by atoms with Crippen LogP contribution in [0.1, 0.15) is 33.6 Å². The number of carbonyl (C=O) groups excluding carboxylic acids is 1. The van der Waals surface area contributed by atoms with Gasteiger partial charge in [-0.1, -0.05) is 19.9 Å². The molecule has 2 heterocycles. The van der Waals surface area contributed by atoms with Gasteiger partial charge in [-0.25, -0.2) is 0 Å². The smallest absolute Gasteiger partial charge is 0.220 e. The van der Waals surface area contributed by atoms with E-state index >= 15 is 0 Å². The molecule has 2 fully saturated rings. The van der Waals surface area contributed by atoms with E-state index in [2.05, 4.69) is 30.2 Å². The van der Waals surface area contributed by atoms with Crippen molar-refractivity contribution in [3.05, 3.63) is 12.7 Å². The lowest BCUT2D eigenvalue weighted by molar-refractivity contribution is -0.145. The van der Waals surface area contributed by atoms with E-state index in [-0.39, 0.29) is 11.4 Å². The van der Waals surface area contributed by atoms with Crippen LogP contribution in [0.2, 0.25) is 0 Å². The summed E-state index contributed by atoms with van der Waals surface area (Å²) in [4.78, 5) is 16.3. The fraction of sp³-hybridized carbons (Fsp3) is 0.786. The van der Waals surface area contributed by atoms with Gasteiger partial charge in [-0.2, -0.15) is 0 Å². The van der Waals surface area contributed by atoms with E-state index in [4.69, 9.17) is 0 Å². The van der Waals surface area contributed by atoms with Crippen molar-refractivity contribution in [2.75, 3.05) is 19.6 Å². The molecule has 0 N–H and O–H groups in total. The van der Waals surface area contributed by atoms with Gasteiger partial charge in [-0.15, -0.1) is 6.58 Å². The summed E-state index contributed by atoms with van der Waals surface area (Å²) >= 11 is 0. The van der Waals surface area contributed by atoms with E-state index in [9.17, 15) is 4.79 Å². The predicted octanol–water partition coefficient (Wildman–Crippen LogP) is 1.89. The van der Waals surface area contributed by atoms with Crippen LogP contribution in [0.3, 0.4) is 0 Å². The first-order valence-electron chi connectivity index (χ1n) is 6.66. The summed E-state index contributed by atoms with van der Waals surface area (Å²) in [7, 11) is 0. The van der Waals surface area contributed by atoms with Crippen molar-refractivity contribution in [3.8, 4) is 0 Å². The van der Waals surface area contributed by atoms with Crippen molar-refractivity contribution in [2.45, 2.75) is 45.2 Å². The maximum atomic E-state index is 11.7. The second-order valence-electron chi connectivity index (χ2n) is 5.88. The van der Waals surface area contributed by atoms with Crippen LogP contribution in [-0.4, -0.2) is 46.9 Å². The summed E-state index contributed by atoms with van der Waals surface area (Å²) in [5.74, 6) is 0.889. The number of rotatable bonds is 3. The highest BCUT2D eigenvalue weighted by Crippen LogP contribution is 2.43. The normalized spacial score (nSPS) is 33.2. The lowest BCUT2D eigenvalue weighted by atomic mass is 9.77. The Morgan fingerprint density at radius 1 is 1.59 bits per heavy atom. The molecule has 3 nitrogen and oxygen atoms in total. The SMILES string of the molecule is C=CC1N(CC(C)C)CC12CCCN2C(C)=O. The molecule has 2 saturated heterocycles. The average Bonchev–Trinajstić information content (AvgIpc) is 2.62. The number of hydrogen-bond donors (Lipinski definition) is 0. The molecule has 0 bridgehead atoms. The van der Waals surface area contributed by atoms with Gasteiger partial charge >= 0.3 is 0 Å². The number of amides is 1. The molecule has 1 spiro atoms. The van der Waals surface area contributed by atoms with Gasteiger partial charge in [0.2, 0.25) is 5.91 Å². The van der Waals surface area contributed by atoms with Crippen LogP contribution < -0.4 is 0 Å². The maximum Gasteiger partial charge on any atom is 0.220 e. The minimum Gasteiger partial charge on any atom is -0.334 e. The molecule has 2 rings (SSSR count). The van der Waals surface area contributed by atoms with Gasteiger partial charge in [-0.05, 0) is 18.8 Å². The molecular formula is C14H24N2O. The number of hydrogen-bond acceptors (Lipinski definition) is 2. The zero-order valence-corrected chi connectivity index (χ0v) is 11.3. The van der Waals surface area contributed by atoms with Crippen molar-refractivity contribution < 1.29 is 4.79 Å². The Hall–Kier alpha value is -0.830. The first-order valence-corrected chi connectivity index (χ1v) is 6.66. The number of likely N-dealkylation sites (tertiary alicyclic amines) is 2. The van der Waals surface area contributed by atoms with Gasteiger partial charge in [-0.3, -0.25) is 9.69 Å². The summed E-state index contributed by atoms with van der Waals surface area (Å²) in [6.07, 6.45) is 4.31. The zero-order chi connectivity index (χ0) is 12.6. The highest BCUT2D eigenvalue weighted by Gasteiger charge is 2.57. The van der Waals surface area contributed by atoms with Crippen molar-refractivity contribution in [3.63, 3.8) is 0 Å². The summed E-state index contributed by atoms with van der Waals surface area (Å²) in [5, 5.41) is 0. The van der Waals surface area contributed by atoms with Crippen LogP contribution in [0, 0.1) is 5.92 Å². The molecule has 2 aliphatic heterocycles. The third kappa shape index (κ3) is 1.90. The van der Waals surface area contributed by atoms with Crippen LogP contribution in [0.25, 0.3) is 0 Å². The van der Waals surface area contributed by atoms with Crippen LogP contribution in [0.5, 0.6) is 0 Å². The summed E-state index contributed by atoms with van der Waals surface area (Å²) in [6, 6.07) is 0.358. The first-order chi connectivity index (χ1) is 8.01. The van der Waals surface area contributed by atoms with Gasteiger partial charge in [0.05, 0.1) is 11.6 Å². The minimum atomic E-state index is 0.0719. The Bertz CT molecular complexity index is 326. The summed E-state index contributed by atoms with van der Waals surface area (Å²) in [5.41, 5.74) is 0.0719. The molecule has 96 valence electrons. The molecule has 0 aliphatic carbocycles. The quantitative estimate of drug-likeness (QED) is 0.699. The van der Waals surface area contributed by atoms with Gasteiger partial charge in [0, 0.05) is 26.6 Å². The van der Waals surface area contributed by atoms with Crippen LogP contribution >= 0.6 is 0 Å². The van der Waals surface area contributed by atoms with Crippen molar-refractivity contribution in [2.24, 2.45) is 5.92 Å². The van der Waals surface area contributed by atoms with Crippen LogP contribution in [0.15, 0.2) is 12.7 Å². The molecule has 17 heavy (non-hydrogen) atoms. The second kappa shape index (κ2) is 4.45.